The topological polar surface area (TPSA) is 102 Å². The smallest absolute Gasteiger partial charge is 0.348 e. The van der Waals surface area contributed by atoms with Gasteiger partial charge in [-0.25, -0.2) is 9.59 Å². The van der Waals surface area contributed by atoms with E-state index in [0.717, 1.165) is 11.3 Å². The molecule has 120 valence electrons. The standard InChI is InChI=1S/C14H17NO6S/c1-3-21-14(19)10-7(2)9(13(17)18)12(22-10)15-11(16)8-4-5-20-6-8/h8H,3-6H2,1-2H3,(H,15,16)(H,17,18). The van der Waals surface area contributed by atoms with Gasteiger partial charge in [0.1, 0.15) is 9.88 Å². The minimum absolute atomic E-state index is 0.0691. The molecular formula is C14H17NO6S. The average molecular weight is 327 g/mol. The number of carboxylic acids is 1. The van der Waals surface area contributed by atoms with Crippen LogP contribution in [0.25, 0.3) is 0 Å². The Morgan fingerprint density at radius 3 is 2.73 bits per heavy atom. The molecule has 1 fully saturated rings. The van der Waals surface area contributed by atoms with Crippen LogP contribution >= 0.6 is 11.3 Å². The lowest BCUT2D eigenvalue weighted by atomic mass is 10.1. The van der Waals surface area contributed by atoms with Gasteiger partial charge in [-0.1, -0.05) is 0 Å². The van der Waals surface area contributed by atoms with Gasteiger partial charge in [-0.3, -0.25) is 4.79 Å². The van der Waals surface area contributed by atoms with Crippen molar-refractivity contribution in [2.75, 3.05) is 25.1 Å². The highest BCUT2D eigenvalue weighted by molar-refractivity contribution is 7.18. The molecule has 0 bridgehead atoms. The summed E-state index contributed by atoms with van der Waals surface area (Å²) in [5.41, 5.74) is 0.231. The molecule has 1 aromatic rings. The van der Waals surface area contributed by atoms with Crippen LogP contribution in [0.2, 0.25) is 0 Å². The zero-order chi connectivity index (χ0) is 16.3. The minimum Gasteiger partial charge on any atom is -0.478 e. The number of hydrogen-bond acceptors (Lipinski definition) is 6. The summed E-state index contributed by atoms with van der Waals surface area (Å²) >= 11 is 0.921. The summed E-state index contributed by atoms with van der Waals surface area (Å²) in [6.07, 6.45) is 0.601. The molecule has 2 N–H and O–H groups in total. The fourth-order valence-electron chi connectivity index (χ4n) is 2.21. The number of hydrogen-bond donors (Lipinski definition) is 2. The van der Waals surface area contributed by atoms with Gasteiger partial charge in [0.2, 0.25) is 5.91 Å². The van der Waals surface area contributed by atoms with Gasteiger partial charge < -0.3 is 19.9 Å². The van der Waals surface area contributed by atoms with E-state index in [1.165, 1.54) is 6.92 Å². The van der Waals surface area contributed by atoms with E-state index >= 15 is 0 Å². The van der Waals surface area contributed by atoms with Crippen molar-refractivity contribution >= 4 is 34.2 Å². The monoisotopic (exact) mass is 327 g/mol. The number of carbonyl (C=O) groups excluding carboxylic acids is 2. The Hall–Kier alpha value is -1.93. The molecular weight excluding hydrogens is 310 g/mol. The van der Waals surface area contributed by atoms with Crippen molar-refractivity contribution in [3.63, 3.8) is 0 Å². The fraction of sp³-hybridized carbons (Fsp3) is 0.500. The number of ether oxygens (including phenoxy) is 2. The molecule has 22 heavy (non-hydrogen) atoms. The normalized spacial score (nSPS) is 17.3. The molecule has 1 unspecified atom stereocenters. The van der Waals surface area contributed by atoms with Crippen LogP contribution in [-0.2, 0) is 14.3 Å². The summed E-state index contributed by atoms with van der Waals surface area (Å²) in [6.45, 7) is 4.23. The number of nitrogens with one attached hydrogen (secondary N) is 1. The number of carbonyl (C=O) groups is 3. The van der Waals surface area contributed by atoms with Crippen molar-refractivity contribution < 1.29 is 29.0 Å². The predicted molar refractivity (Wildman–Crippen MR) is 79.5 cm³/mol. The summed E-state index contributed by atoms with van der Waals surface area (Å²) in [5.74, 6) is -2.37. The van der Waals surface area contributed by atoms with E-state index in [4.69, 9.17) is 9.47 Å². The van der Waals surface area contributed by atoms with Gasteiger partial charge >= 0.3 is 11.9 Å². The maximum absolute atomic E-state index is 12.1. The van der Waals surface area contributed by atoms with Crippen LogP contribution in [0.15, 0.2) is 0 Å². The highest BCUT2D eigenvalue weighted by Gasteiger charge is 2.29. The molecule has 0 saturated carbocycles. The third kappa shape index (κ3) is 3.28. The Balaban J connectivity index is 2.29. The number of carboxylic acid groups (broad SMARTS) is 1. The first-order chi connectivity index (χ1) is 10.5. The molecule has 2 rings (SSSR count). The van der Waals surface area contributed by atoms with E-state index in [0.29, 0.717) is 25.2 Å². The minimum atomic E-state index is -1.19. The molecule has 0 aliphatic carbocycles. The molecule has 1 amide bonds. The van der Waals surface area contributed by atoms with E-state index < -0.39 is 11.9 Å². The lowest BCUT2D eigenvalue weighted by molar-refractivity contribution is -0.119. The Morgan fingerprint density at radius 1 is 1.45 bits per heavy atom. The van der Waals surface area contributed by atoms with Gasteiger partial charge in [-0.15, -0.1) is 11.3 Å². The Kier molecular flexibility index (Phi) is 5.15. The Labute approximate surface area is 131 Å². The maximum atomic E-state index is 12.1. The van der Waals surface area contributed by atoms with Crippen molar-refractivity contribution in [3.05, 3.63) is 16.0 Å². The quantitative estimate of drug-likeness (QED) is 0.801. The zero-order valence-electron chi connectivity index (χ0n) is 12.3. The first kappa shape index (κ1) is 16.4. The molecule has 1 aromatic heterocycles. The maximum Gasteiger partial charge on any atom is 0.348 e. The van der Waals surface area contributed by atoms with Crippen LogP contribution in [0.1, 0.15) is 38.9 Å². The van der Waals surface area contributed by atoms with E-state index in [-0.39, 0.29) is 33.9 Å². The second kappa shape index (κ2) is 6.89. The molecule has 0 radical (unpaired) electrons. The van der Waals surface area contributed by atoms with Gasteiger partial charge in [-0.2, -0.15) is 0 Å². The van der Waals surface area contributed by atoms with Gasteiger partial charge in [0.05, 0.1) is 24.7 Å². The van der Waals surface area contributed by atoms with E-state index in [2.05, 4.69) is 5.32 Å². The van der Waals surface area contributed by atoms with Gasteiger partial charge in [-0.05, 0) is 25.8 Å². The molecule has 8 heteroatoms. The van der Waals surface area contributed by atoms with E-state index in [1.807, 2.05) is 0 Å². The number of esters is 1. The lowest BCUT2D eigenvalue weighted by Crippen LogP contribution is -2.23. The van der Waals surface area contributed by atoms with Gasteiger partial charge in [0, 0.05) is 6.61 Å². The van der Waals surface area contributed by atoms with Crippen LogP contribution in [0.4, 0.5) is 5.00 Å². The van der Waals surface area contributed by atoms with Crippen molar-refractivity contribution in [1.82, 2.24) is 0 Å². The molecule has 7 nitrogen and oxygen atoms in total. The summed E-state index contributed by atoms with van der Waals surface area (Å²) in [4.78, 5) is 35.6. The number of anilines is 1. The van der Waals surface area contributed by atoms with Crippen LogP contribution in [0.5, 0.6) is 0 Å². The van der Waals surface area contributed by atoms with Crippen molar-refractivity contribution in [2.45, 2.75) is 20.3 Å². The van der Waals surface area contributed by atoms with Crippen molar-refractivity contribution in [2.24, 2.45) is 5.92 Å². The van der Waals surface area contributed by atoms with Crippen LogP contribution < -0.4 is 5.32 Å². The predicted octanol–water partition coefficient (Wildman–Crippen LogP) is 1.91. The largest absolute Gasteiger partial charge is 0.478 e. The first-order valence-corrected chi connectivity index (χ1v) is 7.69. The van der Waals surface area contributed by atoms with Crippen LogP contribution in [0, 0.1) is 12.8 Å². The third-order valence-corrected chi connectivity index (χ3v) is 4.55. The fourth-order valence-corrected chi connectivity index (χ4v) is 3.30. The highest BCUT2D eigenvalue weighted by atomic mass is 32.1. The third-order valence-electron chi connectivity index (χ3n) is 3.36. The second-order valence-corrected chi connectivity index (χ2v) is 5.86. The second-order valence-electron chi connectivity index (χ2n) is 4.84. The summed E-state index contributed by atoms with van der Waals surface area (Å²) in [7, 11) is 0. The first-order valence-electron chi connectivity index (χ1n) is 6.88. The zero-order valence-corrected chi connectivity index (χ0v) is 13.1. The lowest BCUT2D eigenvalue weighted by Gasteiger charge is -2.08. The Bertz CT molecular complexity index is 603. The number of thiophene rings is 1. The number of rotatable bonds is 5. The van der Waals surface area contributed by atoms with Crippen LogP contribution in [-0.4, -0.2) is 42.8 Å². The summed E-state index contributed by atoms with van der Waals surface area (Å²) in [5, 5.41) is 12.1. The molecule has 1 atom stereocenters. The Morgan fingerprint density at radius 2 is 2.18 bits per heavy atom. The molecule has 1 aliphatic rings. The molecule has 1 saturated heterocycles. The van der Waals surface area contributed by atoms with Gasteiger partial charge in [0.25, 0.3) is 0 Å². The summed E-state index contributed by atoms with van der Waals surface area (Å²) in [6, 6.07) is 0. The van der Waals surface area contributed by atoms with Crippen molar-refractivity contribution in [3.8, 4) is 0 Å². The van der Waals surface area contributed by atoms with E-state index in [1.54, 1.807) is 6.92 Å². The average Bonchev–Trinajstić information content (AvgIpc) is 3.07. The van der Waals surface area contributed by atoms with Crippen molar-refractivity contribution in [1.29, 1.82) is 0 Å². The SMILES string of the molecule is CCOC(=O)c1sc(NC(=O)C2CCOC2)c(C(=O)O)c1C. The highest BCUT2D eigenvalue weighted by Crippen LogP contribution is 2.34. The number of amides is 1. The van der Waals surface area contributed by atoms with Crippen LogP contribution in [0.3, 0.4) is 0 Å². The molecule has 1 aliphatic heterocycles. The van der Waals surface area contributed by atoms with E-state index in [9.17, 15) is 19.5 Å². The molecule has 2 heterocycles. The summed E-state index contributed by atoms with van der Waals surface area (Å²) < 4.78 is 10.1. The molecule has 0 aromatic carbocycles. The molecule has 0 spiro atoms. The number of aromatic carboxylic acids is 1. The van der Waals surface area contributed by atoms with Gasteiger partial charge in [0.15, 0.2) is 0 Å².